The molecule has 1 aromatic heterocycles. The zero-order valence-electron chi connectivity index (χ0n) is 8.46. The maximum absolute atomic E-state index is 13.1. The zero-order valence-corrected chi connectivity index (χ0v) is 9.22. The van der Waals surface area contributed by atoms with Crippen molar-refractivity contribution in [1.29, 1.82) is 0 Å². The summed E-state index contributed by atoms with van der Waals surface area (Å²) in [5.41, 5.74) is 0. The molecule has 0 aromatic carbocycles. The Kier molecular flexibility index (Phi) is 5.28. The lowest BCUT2D eigenvalue weighted by atomic mass is 10.3. The summed E-state index contributed by atoms with van der Waals surface area (Å²) in [6.07, 6.45) is 2.85. The molecule has 84 valence electrons. The van der Waals surface area contributed by atoms with Gasteiger partial charge in [-0.15, -0.1) is 0 Å². The second-order valence-corrected chi connectivity index (χ2v) is 3.30. The molecule has 0 unspecified atom stereocenters. The molecule has 0 fully saturated rings. The van der Waals surface area contributed by atoms with E-state index in [2.05, 4.69) is 15.3 Å². The van der Waals surface area contributed by atoms with Crippen LogP contribution in [0.1, 0.15) is 12.8 Å². The van der Waals surface area contributed by atoms with Crippen molar-refractivity contribution >= 4 is 17.4 Å². The van der Waals surface area contributed by atoms with Crippen LogP contribution in [0, 0.1) is 5.82 Å². The predicted molar refractivity (Wildman–Crippen MR) is 56.6 cm³/mol. The summed E-state index contributed by atoms with van der Waals surface area (Å²) in [5.74, 6) is -0.349. The molecule has 0 amide bonds. The van der Waals surface area contributed by atoms with Gasteiger partial charge in [-0.1, -0.05) is 0 Å². The van der Waals surface area contributed by atoms with Crippen LogP contribution in [0.15, 0.2) is 6.20 Å². The second-order valence-electron chi connectivity index (χ2n) is 2.96. The first-order valence-corrected chi connectivity index (χ1v) is 5.02. The first kappa shape index (κ1) is 12.1. The lowest BCUT2D eigenvalue weighted by molar-refractivity contribution is 0.193. The van der Waals surface area contributed by atoms with Crippen molar-refractivity contribution in [1.82, 2.24) is 9.97 Å². The van der Waals surface area contributed by atoms with Crippen molar-refractivity contribution in [3.63, 3.8) is 0 Å². The highest BCUT2D eigenvalue weighted by Crippen LogP contribution is 2.11. The Balaban J connectivity index is 2.33. The van der Waals surface area contributed by atoms with Crippen LogP contribution in [-0.2, 0) is 4.74 Å². The first-order valence-electron chi connectivity index (χ1n) is 4.65. The van der Waals surface area contributed by atoms with Crippen LogP contribution in [0.25, 0.3) is 0 Å². The van der Waals surface area contributed by atoms with Crippen molar-refractivity contribution in [3.8, 4) is 0 Å². The SMILES string of the molecule is COCCCCNc1nc(Cl)ncc1F. The van der Waals surface area contributed by atoms with Gasteiger partial charge >= 0.3 is 0 Å². The van der Waals surface area contributed by atoms with Crippen molar-refractivity contribution in [2.45, 2.75) is 12.8 Å². The number of methoxy groups -OCH3 is 1. The number of ether oxygens (including phenoxy) is 1. The normalized spacial score (nSPS) is 10.3. The van der Waals surface area contributed by atoms with Crippen LogP contribution in [0.4, 0.5) is 10.2 Å². The standard InChI is InChI=1S/C9H13ClFN3O/c1-15-5-3-2-4-12-8-7(11)6-13-9(10)14-8/h6H,2-5H2,1H3,(H,12,13,14). The van der Waals surface area contributed by atoms with Gasteiger partial charge in [0.05, 0.1) is 6.20 Å². The summed E-state index contributed by atoms with van der Waals surface area (Å²) >= 11 is 5.53. The molecule has 1 heterocycles. The summed E-state index contributed by atoms with van der Waals surface area (Å²) in [5, 5.41) is 2.88. The molecule has 0 bridgehead atoms. The average Bonchev–Trinajstić information content (AvgIpc) is 2.23. The molecule has 1 rings (SSSR count). The molecule has 1 aromatic rings. The van der Waals surface area contributed by atoms with Gasteiger partial charge < -0.3 is 10.1 Å². The number of hydrogen-bond acceptors (Lipinski definition) is 4. The van der Waals surface area contributed by atoms with Crippen LogP contribution in [0.5, 0.6) is 0 Å². The molecule has 0 atom stereocenters. The van der Waals surface area contributed by atoms with E-state index < -0.39 is 5.82 Å². The molecule has 6 heteroatoms. The highest BCUT2D eigenvalue weighted by atomic mass is 35.5. The number of rotatable bonds is 6. The van der Waals surface area contributed by atoms with Gasteiger partial charge in [-0.2, -0.15) is 4.98 Å². The molecule has 15 heavy (non-hydrogen) atoms. The van der Waals surface area contributed by atoms with Crippen LogP contribution in [-0.4, -0.2) is 30.2 Å². The summed E-state index contributed by atoms with van der Waals surface area (Å²) in [7, 11) is 1.65. The molecule has 0 saturated heterocycles. The van der Waals surface area contributed by atoms with Gasteiger partial charge in [-0.3, -0.25) is 0 Å². The Morgan fingerprint density at radius 2 is 2.33 bits per heavy atom. The summed E-state index contributed by atoms with van der Waals surface area (Å²) < 4.78 is 18.0. The second kappa shape index (κ2) is 6.53. The first-order chi connectivity index (χ1) is 7.24. The van der Waals surface area contributed by atoms with E-state index in [0.717, 1.165) is 19.0 Å². The maximum Gasteiger partial charge on any atom is 0.224 e. The number of nitrogens with one attached hydrogen (secondary N) is 1. The molecule has 4 nitrogen and oxygen atoms in total. The van der Waals surface area contributed by atoms with E-state index in [9.17, 15) is 4.39 Å². The quantitative estimate of drug-likeness (QED) is 0.604. The molecule has 0 saturated carbocycles. The van der Waals surface area contributed by atoms with Gasteiger partial charge in [0.15, 0.2) is 11.6 Å². The molecular weight excluding hydrogens is 221 g/mol. The van der Waals surface area contributed by atoms with Gasteiger partial charge in [0.25, 0.3) is 0 Å². The van der Waals surface area contributed by atoms with Crippen molar-refractivity contribution in [3.05, 3.63) is 17.3 Å². The maximum atomic E-state index is 13.1. The Bertz CT molecular complexity index is 311. The Morgan fingerprint density at radius 1 is 1.53 bits per heavy atom. The van der Waals surface area contributed by atoms with E-state index in [1.54, 1.807) is 7.11 Å². The number of hydrogen-bond donors (Lipinski definition) is 1. The topological polar surface area (TPSA) is 47.0 Å². The summed E-state index contributed by atoms with van der Waals surface area (Å²) in [4.78, 5) is 7.24. The fourth-order valence-electron chi connectivity index (χ4n) is 1.05. The largest absolute Gasteiger partial charge is 0.385 e. The molecule has 0 aliphatic carbocycles. The number of anilines is 1. The van der Waals surface area contributed by atoms with Crippen LogP contribution < -0.4 is 5.32 Å². The van der Waals surface area contributed by atoms with E-state index in [-0.39, 0.29) is 11.1 Å². The third-order valence-corrected chi connectivity index (χ3v) is 1.96. The smallest absolute Gasteiger partial charge is 0.224 e. The van der Waals surface area contributed by atoms with Crippen LogP contribution in [0.2, 0.25) is 5.28 Å². The van der Waals surface area contributed by atoms with Gasteiger partial charge in [0, 0.05) is 20.3 Å². The highest BCUT2D eigenvalue weighted by molar-refractivity contribution is 6.28. The monoisotopic (exact) mass is 233 g/mol. The third kappa shape index (κ3) is 4.40. The van der Waals surface area contributed by atoms with Crippen molar-refractivity contribution in [2.75, 3.05) is 25.6 Å². The van der Waals surface area contributed by atoms with Crippen molar-refractivity contribution in [2.24, 2.45) is 0 Å². The Morgan fingerprint density at radius 3 is 3.07 bits per heavy atom. The van der Waals surface area contributed by atoms with Gasteiger partial charge in [0.1, 0.15) is 0 Å². The number of aromatic nitrogens is 2. The van der Waals surface area contributed by atoms with E-state index in [1.807, 2.05) is 0 Å². The zero-order chi connectivity index (χ0) is 11.1. The lowest BCUT2D eigenvalue weighted by Gasteiger charge is -2.05. The molecule has 0 aliphatic heterocycles. The minimum absolute atomic E-state index is 0.0378. The molecular formula is C9H13ClFN3O. The predicted octanol–water partition coefficient (Wildman–Crippen LogP) is 2.11. The van der Waals surface area contributed by atoms with Crippen LogP contribution >= 0.6 is 11.6 Å². The molecule has 1 N–H and O–H groups in total. The van der Waals surface area contributed by atoms with Crippen molar-refractivity contribution < 1.29 is 9.13 Å². The van der Waals surface area contributed by atoms with E-state index in [4.69, 9.17) is 16.3 Å². The number of halogens is 2. The Labute approximate surface area is 92.8 Å². The van der Waals surface area contributed by atoms with Crippen LogP contribution in [0.3, 0.4) is 0 Å². The van der Waals surface area contributed by atoms with Gasteiger partial charge in [-0.05, 0) is 24.4 Å². The summed E-state index contributed by atoms with van der Waals surface area (Å²) in [6, 6.07) is 0. The number of unbranched alkanes of at least 4 members (excludes halogenated alkanes) is 1. The number of nitrogens with zero attached hydrogens (tertiary/aromatic N) is 2. The molecule has 0 spiro atoms. The Hall–Kier alpha value is -0.940. The molecule has 0 aliphatic rings. The van der Waals surface area contributed by atoms with E-state index >= 15 is 0 Å². The lowest BCUT2D eigenvalue weighted by Crippen LogP contribution is -2.07. The summed E-state index contributed by atoms with van der Waals surface area (Å²) in [6.45, 7) is 1.34. The average molecular weight is 234 g/mol. The third-order valence-electron chi connectivity index (χ3n) is 1.78. The van der Waals surface area contributed by atoms with Gasteiger partial charge in [-0.25, -0.2) is 9.37 Å². The van der Waals surface area contributed by atoms with Gasteiger partial charge in [0.2, 0.25) is 5.28 Å². The minimum atomic E-state index is -0.494. The van der Waals surface area contributed by atoms with E-state index in [0.29, 0.717) is 13.2 Å². The minimum Gasteiger partial charge on any atom is -0.385 e. The highest BCUT2D eigenvalue weighted by Gasteiger charge is 2.04. The van der Waals surface area contributed by atoms with E-state index in [1.165, 1.54) is 0 Å². The molecule has 0 radical (unpaired) electrons. The fourth-order valence-corrected chi connectivity index (χ4v) is 1.18. The fraction of sp³-hybridized carbons (Fsp3) is 0.556.